The Morgan fingerprint density at radius 1 is 0.708 bits per heavy atom. The second-order valence-corrected chi connectivity index (χ2v) is 6.40. The standard InChI is InChI=1S/C22H11BO/c23-17-11-16-13-8-3-5-12-6-4-9-15(19(12)13)20(16)22-21(17)14-7-1-2-10-18(14)24-22/h1-11H. The first-order valence-corrected chi connectivity index (χ1v) is 8.09. The van der Waals surface area contributed by atoms with Gasteiger partial charge in [0.05, 0.1) is 0 Å². The molecule has 1 aliphatic rings. The van der Waals surface area contributed by atoms with Gasteiger partial charge in [-0.2, -0.15) is 0 Å². The van der Waals surface area contributed by atoms with E-state index >= 15 is 0 Å². The lowest BCUT2D eigenvalue weighted by molar-refractivity contribution is 0.670. The van der Waals surface area contributed by atoms with Gasteiger partial charge in [0.15, 0.2) is 0 Å². The Labute approximate surface area is 139 Å². The van der Waals surface area contributed by atoms with Crippen LogP contribution in [0.1, 0.15) is 0 Å². The Morgan fingerprint density at radius 2 is 1.50 bits per heavy atom. The molecule has 0 aliphatic heterocycles. The number of hydrogen-bond donors (Lipinski definition) is 0. The number of rotatable bonds is 0. The van der Waals surface area contributed by atoms with Crippen LogP contribution < -0.4 is 5.46 Å². The second-order valence-electron chi connectivity index (χ2n) is 6.40. The van der Waals surface area contributed by atoms with Gasteiger partial charge in [0.25, 0.3) is 0 Å². The van der Waals surface area contributed by atoms with E-state index < -0.39 is 0 Å². The molecular formula is C22H11BO. The molecule has 4 aromatic carbocycles. The van der Waals surface area contributed by atoms with Gasteiger partial charge in [0.1, 0.15) is 19.0 Å². The van der Waals surface area contributed by atoms with Gasteiger partial charge in [-0.05, 0) is 33.5 Å². The van der Waals surface area contributed by atoms with E-state index in [-0.39, 0.29) is 0 Å². The van der Waals surface area contributed by atoms with Crippen molar-refractivity contribution in [3.8, 4) is 22.3 Å². The lowest BCUT2D eigenvalue weighted by Gasteiger charge is -2.06. The van der Waals surface area contributed by atoms with Crippen LogP contribution in [0.15, 0.2) is 71.1 Å². The van der Waals surface area contributed by atoms with Crippen LogP contribution in [-0.4, -0.2) is 7.85 Å². The molecule has 108 valence electrons. The van der Waals surface area contributed by atoms with Crippen molar-refractivity contribution in [2.75, 3.05) is 0 Å². The monoisotopic (exact) mass is 302 g/mol. The van der Waals surface area contributed by atoms with E-state index in [1.54, 1.807) is 0 Å². The highest BCUT2D eigenvalue weighted by Gasteiger charge is 2.26. The van der Waals surface area contributed by atoms with E-state index in [2.05, 4.69) is 48.5 Å². The highest BCUT2D eigenvalue weighted by Crippen LogP contribution is 2.50. The molecule has 2 radical (unpaired) electrons. The molecule has 2 heteroatoms. The Kier molecular flexibility index (Phi) is 2.12. The molecule has 1 aromatic heterocycles. The van der Waals surface area contributed by atoms with E-state index in [0.717, 1.165) is 27.4 Å². The lowest BCUT2D eigenvalue weighted by Crippen LogP contribution is -2.03. The molecule has 0 saturated carbocycles. The van der Waals surface area contributed by atoms with Crippen molar-refractivity contribution in [2.45, 2.75) is 0 Å². The Balaban J connectivity index is 1.92. The molecule has 0 bridgehead atoms. The molecule has 0 amide bonds. The third-order valence-corrected chi connectivity index (χ3v) is 5.14. The molecule has 1 aliphatic carbocycles. The maximum absolute atomic E-state index is 6.44. The van der Waals surface area contributed by atoms with Gasteiger partial charge >= 0.3 is 0 Å². The zero-order chi connectivity index (χ0) is 15.8. The van der Waals surface area contributed by atoms with Crippen LogP contribution in [0, 0.1) is 0 Å². The number of fused-ring (bicyclic) bond motifs is 7. The highest BCUT2D eigenvalue weighted by atomic mass is 16.3. The van der Waals surface area contributed by atoms with Crippen molar-refractivity contribution >= 4 is 46.0 Å². The smallest absolute Gasteiger partial charge is 0.143 e. The van der Waals surface area contributed by atoms with Crippen LogP contribution in [0.4, 0.5) is 0 Å². The minimum atomic E-state index is 0.776. The molecular weight excluding hydrogens is 291 g/mol. The van der Waals surface area contributed by atoms with Crippen molar-refractivity contribution < 1.29 is 4.42 Å². The average Bonchev–Trinajstić information content (AvgIpc) is 3.14. The van der Waals surface area contributed by atoms with Crippen LogP contribution in [0.2, 0.25) is 0 Å². The molecule has 5 aromatic rings. The van der Waals surface area contributed by atoms with E-state index in [0.29, 0.717) is 0 Å². The Morgan fingerprint density at radius 3 is 2.38 bits per heavy atom. The molecule has 6 rings (SSSR count). The summed E-state index contributed by atoms with van der Waals surface area (Å²) in [5.41, 5.74) is 7.38. The van der Waals surface area contributed by atoms with Crippen molar-refractivity contribution in [2.24, 2.45) is 0 Å². The molecule has 0 spiro atoms. The van der Waals surface area contributed by atoms with Crippen LogP contribution in [0.3, 0.4) is 0 Å². The molecule has 0 fully saturated rings. The molecule has 1 heterocycles. The third-order valence-electron chi connectivity index (χ3n) is 5.14. The highest BCUT2D eigenvalue weighted by molar-refractivity contribution is 6.43. The lowest BCUT2D eigenvalue weighted by atomic mass is 9.86. The summed E-state index contributed by atoms with van der Waals surface area (Å²) in [6, 6.07) is 23.1. The summed E-state index contributed by atoms with van der Waals surface area (Å²) in [6.45, 7) is 0. The fourth-order valence-electron chi connectivity index (χ4n) is 4.18. The first-order valence-electron chi connectivity index (χ1n) is 8.09. The molecule has 0 saturated heterocycles. The van der Waals surface area contributed by atoms with Gasteiger partial charge in [-0.15, -0.1) is 0 Å². The summed E-state index contributed by atoms with van der Waals surface area (Å²) in [4.78, 5) is 0. The summed E-state index contributed by atoms with van der Waals surface area (Å²) < 4.78 is 6.26. The average molecular weight is 302 g/mol. The summed E-state index contributed by atoms with van der Waals surface area (Å²) in [5, 5.41) is 4.65. The van der Waals surface area contributed by atoms with Crippen molar-refractivity contribution in [3.63, 3.8) is 0 Å². The molecule has 0 atom stereocenters. The predicted molar refractivity (Wildman–Crippen MR) is 101 cm³/mol. The summed E-state index contributed by atoms with van der Waals surface area (Å²) in [5.74, 6) is 0. The van der Waals surface area contributed by atoms with E-state index in [9.17, 15) is 0 Å². The SMILES string of the molecule is [B]c1cc2c(c3oc4ccccc4c13)-c1cccc3cccc-2c13. The molecule has 24 heavy (non-hydrogen) atoms. The first kappa shape index (κ1) is 12.4. The minimum absolute atomic E-state index is 0.776. The number of benzene rings is 4. The van der Waals surface area contributed by atoms with Crippen LogP contribution in [0.5, 0.6) is 0 Å². The molecule has 1 nitrogen and oxygen atoms in total. The van der Waals surface area contributed by atoms with Crippen LogP contribution >= 0.6 is 0 Å². The maximum atomic E-state index is 6.44. The van der Waals surface area contributed by atoms with Gasteiger partial charge in [-0.25, -0.2) is 0 Å². The largest absolute Gasteiger partial charge is 0.455 e. The van der Waals surface area contributed by atoms with E-state index in [4.69, 9.17) is 12.3 Å². The summed E-state index contributed by atoms with van der Waals surface area (Å²) in [7, 11) is 6.44. The van der Waals surface area contributed by atoms with E-state index in [1.165, 1.54) is 33.0 Å². The van der Waals surface area contributed by atoms with Crippen LogP contribution in [-0.2, 0) is 0 Å². The van der Waals surface area contributed by atoms with Gasteiger partial charge in [-0.1, -0.05) is 66.1 Å². The number of hydrogen-bond acceptors (Lipinski definition) is 1. The number of para-hydroxylation sites is 1. The quantitative estimate of drug-likeness (QED) is 0.352. The first-order chi connectivity index (χ1) is 11.8. The van der Waals surface area contributed by atoms with Gasteiger partial charge in [0, 0.05) is 16.3 Å². The zero-order valence-corrected chi connectivity index (χ0v) is 12.8. The van der Waals surface area contributed by atoms with E-state index in [1.807, 2.05) is 18.2 Å². The van der Waals surface area contributed by atoms with Gasteiger partial charge in [-0.3, -0.25) is 0 Å². The van der Waals surface area contributed by atoms with Crippen molar-refractivity contribution in [1.29, 1.82) is 0 Å². The fourth-order valence-corrected chi connectivity index (χ4v) is 4.18. The maximum Gasteiger partial charge on any atom is 0.143 e. The Hall–Kier alpha value is -3.00. The molecule has 0 N–H and O–H groups in total. The third kappa shape index (κ3) is 1.33. The summed E-state index contributed by atoms with van der Waals surface area (Å²) in [6.07, 6.45) is 0. The van der Waals surface area contributed by atoms with Crippen molar-refractivity contribution in [3.05, 3.63) is 66.7 Å². The normalized spacial score (nSPS) is 12.3. The van der Waals surface area contributed by atoms with Crippen molar-refractivity contribution in [1.82, 2.24) is 0 Å². The fraction of sp³-hybridized carbons (Fsp3) is 0. The molecule has 0 unspecified atom stereocenters. The minimum Gasteiger partial charge on any atom is -0.455 e. The van der Waals surface area contributed by atoms with Gasteiger partial charge < -0.3 is 4.42 Å². The number of furan rings is 1. The van der Waals surface area contributed by atoms with Gasteiger partial charge in [0.2, 0.25) is 0 Å². The Bertz CT molecular complexity index is 1310. The topological polar surface area (TPSA) is 13.1 Å². The predicted octanol–water partition coefficient (Wildman–Crippen LogP) is 5.18. The van der Waals surface area contributed by atoms with Crippen LogP contribution in [0.25, 0.3) is 55.0 Å². The summed E-state index contributed by atoms with van der Waals surface area (Å²) >= 11 is 0. The zero-order valence-electron chi connectivity index (χ0n) is 12.8. The second kappa shape index (κ2) is 4.10.